The summed E-state index contributed by atoms with van der Waals surface area (Å²) in [6, 6.07) is 0. The number of hydrogen-bond donors (Lipinski definition) is 4. The molecule has 0 aliphatic heterocycles. The second-order valence-electron chi connectivity index (χ2n) is 0. The predicted molar refractivity (Wildman–Crippen MR) is 31.2 cm³/mol. The van der Waals surface area contributed by atoms with Crippen molar-refractivity contribution in [2.75, 3.05) is 0 Å². The lowest BCUT2D eigenvalue weighted by Gasteiger charge is -0.345. The maximum atomic E-state index is 0. The van der Waals surface area contributed by atoms with Gasteiger partial charge in [0.15, 0.2) is 0 Å². The van der Waals surface area contributed by atoms with Crippen LogP contribution in [-0.2, 0) is 0 Å². The van der Waals surface area contributed by atoms with Crippen molar-refractivity contribution in [3.8, 4) is 0 Å². The molecule has 0 amide bonds. The van der Waals surface area contributed by atoms with Gasteiger partial charge >= 0.3 is 0 Å². The van der Waals surface area contributed by atoms with Crippen LogP contribution in [0.25, 0.3) is 0 Å². The Labute approximate surface area is 35.7 Å². The van der Waals surface area contributed by atoms with Crippen LogP contribution in [0.5, 0.6) is 0 Å². The summed E-state index contributed by atoms with van der Waals surface area (Å²) in [7, 11) is 0. The van der Waals surface area contributed by atoms with Crippen LogP contribution >= 0.6 is 9.90 Å². The van der Waals surface area contributed by atoms with Gasteiger partial charge in [-0.1, -0.05) is 0 Å². The van der Waals surface area contributed by atoms with Crippen LogP contribution in [0, 0.1) is 0 Å². The van der Waals surface area contributed by atoms with E-state index in [1.165, 1.54) is 0 Å². The molecule has 1 atom stereocenters. The minimum atomic E-state index is 0. The van der Waals surface area contributed by atoms with E-state index in [1.807, 2.05) is 0 Å². The van der Waals surface area contributed by atoms with E-state index >= 15 is 0 Å². The van der Waals surface area contributed by atoms with Crippen molar-refractivity contribution in [2.45, 2.75) is 0 Å². The van der Waals surface area contributed by atoms with Gasteiger partial charge in [0, 0.05) is 0 Å². The lowest BCUT2D eigenvalue weighted by atomic mass is 14.0. The predicted octanol–water partition coefficient (Wildman–Crippen LogP) is 0.706. The lowest BCUT2D eigenvalue weighted by molar-refractivity contribution is 2.13. The van der Waals surface area contributed by atoms with E-state index < -0.39 is 0 Å². The highest BCUT2D eigenvalue weighted by molar-refractivity contribution is 6.92. The van der Waals surface area contributed by atoms with Gasteiger partial charge in [-0.05, 0) is 0 Å². The van der Waals surface area contributed by atoms with Crippen LogP contribution in [0.2, 0.25) is 0 Å². The quantitative estimate of drug-likeness (QED) is 0.334. The second-order valence-corrected chi connectivity index (χ2v) is 0. The Morgan fingerprint density at radius 3 is 0.400 bits per heavy atom. The van der Waals surface area contributed by atoms with Gasteiger partial charge in [0.1, 0.15) is 0 Å². The monoisotopic (exact) mass is 102 g/mol. The normalized spacial score (nSPS) is 0. The second kappa shape index (κ2) is 626. The van der Waals surface area contributed by atoms with Gasteiger partial charge < -0.3 is 24.6 Å². The Hall–Kier alpha value is 0.270. The van der Waals surface area contributed by atoms with E-state index in [4.69, 9.17) is 0 Å². The van der Waals surface area contributed by atoms with Gasteiger partial charge in [0.05, 0.1) is 0 Å². The van der Waals surface area contributed by atoms with Crippen LogP contribution in [0.4, 0.5) is 0 Å². The molecule has 0 saturated carbocycles. The third-order valence-corrected chi connectivity index (χ3v) is 0. The third kappa shape index (κ3) is 302. The molecular formula is H15N4P. The molecule has 0 heterocycles. The van der Waals surface area contributed by atoms with Crippen molar-refractivity contribution in [1.29, 1.82) is 0 Å². The number of rotatable bonds is 0. The van der Waals surface area contributed by atoms with Crippen LogP contribution in [0.1, 0.15) is 0 Å². The van der Waals surface area contributed by atoms with E-state index in [1.54, 1.807) is 0 Å². The molecule has 0 saturated heterocycles. The standard InChI is InChI=1S/4H3N.H3P/h5*1H3. The molecule has 0 aromatic rings. The first-order valence-electron chi connectivity index (χ1n) is 0. The fraction of sp³-hybridized carbons (Fsp3) is 0. The summed E-state index contributed by atoms with van der Waals surface area (Å²) in [5.41, 5.74) is 0. The van der Waals surface area contributed by atoms with E-state index in [0.29, 0.717) is 0 Å². The molecule has 5 heavy (non-hydrogen) atoms. The van der Waals surface area contributed by atoms with Gasteiger partial charge in [-0.15, -0.1) is 0 Å². The van der Waals surface area contributed by atoms with Gasteiger partial charge in [0.2, 0.25) is 0 Å². The molecule has 0 aromatic heterocycles. The smallest absolute Gasteiger partial charge is 0.153 e. The molecule has 5 heteroatoms. The van der Waals surface area contributed by atoms with Crippen molar-refractivity contribution in [2.24, 2.45) is 0 Å². The van der Waals surface area contributed by atoms with Crippen molar-refractivity contribution >= 4 is 9.90 Å². The largest absolute Gasteiger partial charge is 0.344 e. The fourth-order valence-corrected chi connectivity index (χ4v) is 0. The average Bonchev–Trinajstić information content (AvgIpc) is 0. The summed E-state index contributed by atoms with van der Waals surface area (Å²) in [4.78, 5) is 0. The zero-order valence-corrected chi connectivity index (χ0v) is 4.95. The van der Waals surface area contributed by atoms with Crippen LogP contribution in [-0.4, -0.2) is 0 Å². The van der Waals surface area contributed by atoms with E-state index in [2.05, 4.69) is 0 Å². The molecule has 0 aliphatic rings. The molecule has 0 aliphatic carbocycles. The molecule has 12 N–H and O–H groups in total. The molecule has 40 valence electrons. The molecule has 0 rings (SSSR count). The summed E-state index contributed by atoms with van der Waals surface area (Å²) in [6.07, 6.45) is 0. The highest BCUT2D eigenvalue weighted by atomic mass is 31.0. The third-order valence-electron chi connectivity index (χ3n) is 0. The highest BCUT2D eigenvalue weighted by Gasteiger charge is -0.153. The molecule has 4 nitrogen and oxygen atoms in total. The van der Waals surface area contributed by atoms with Gasteiger partial charge in [-0.25, -0.2) is 0 Å². The topological polar surface area (TPSA) is 140 Å². The van der Waals surface area contributed by atoms with Crippen LogP contribution in [0.3, 0.4) is 0 Å². The SMILES string of the molecule is N.N.N.N.P. The molecule has 0 spiro atoms. The van der Waals surface area contributed by atoms with Crippen molar-refractivity contribution in [3.63, 3.8) is 0 Å². The van der Waals surface area contributed by atoms with E-state index in [-0.39, 0.29) is 34.5 Å². The minimum absolute atomic E-state index is 0. The van der Waals surface area contributed by atoms with Crippen molar-refractivity contribution in [1.82, 2.24) is 24.6 Å². The summed E-state index contributed by atoms with van der Waals surface area (Å²) in [5, 5.41) is 0. The average molecular weight is 102 g/mol. The Balaban J connectivity index is 0. The first-order chi connectivity index (χ1) is 0. The minimum Gasteiger partial charge on any atom is -0.344 e. The number of hydrogen-bond acceptors (Lipinski definition) is 4. The molecule has 0 bridgehead atoms. The molecule has 0 radical (unpaired) electrons. The Morgan fingerprint density at radius 2 is 0.400 bits per heavy atom. The fourth-order valence-electron chi connectivity index (χ4n) is 0. The first kappa shape index (κ1) is 1320. The summed E-state index contributed by atoms with van der Waals surface area (Å²) < 4.78 is 0. The van der Waals surface area contributed by atoms with Gasteiger partial charge in [-0.3, -0.25) is 0 Å². The van der Waals surface area contributed by atoms with Gasteiger partial charge in [-0.2, -0.15) is 9.90 Å². The molecule has 0 aromatic carbocycles. The maximum absolute atomic E-state index is 0. The summed E-state index contributed by atoms with van der Waals surface area (Å²) >= 11 is 0. The highest BCUT2D eigenvalue weighted by Crippen LogP contribution is 0.861. The Kier molecular flexibility index (Phi) is 165000. The van der Waals surface area contributed by atoms with E-state index in [0.717, 1.165) is 0 Å². The van der Waals surface area contributed by atoms with Crippen molar-refractivity contribution < 1.29 is 0 Å². The zero-order chi connectivity index (χ0) is 0. The maximum Gasteiger partial charge on any atom is -0.153 e. The zero-order valence-electron chi connectivity index (χ0n) is 3.54. The Bertz CT molecular complexity index is 3.61. The van der Waals surface area contributed by atoms with E-state index in [9.17, 15) is 0 Å². The first-order valence-corrected chi connectivity index (χ1v) is 0. The molecular weight excluding hydrogens is 87.0 g/mol. The van der Waals surface area contributed by atoms with Crippen LogP contribution in [0.15, 0.2) is 0 Å². The lowest BCUT2D eigenvalue weighted by Crippen LogP contribution is -0.482. The Morgan fingerprint density at radius 1 is 0.400 bits per heavy atom. The van der Waals surface area contributed by atoms with Gasteiger partial charge in [0.25, 0.3) is 0 Å². The van der Waals surface area contributed by atoms with Crippen molar-refractivity contribution in [3.05, 3.63) is 0 Å². The van der Waals surface area contributed by atoms with Crippen LogP contribution < -0.4 is 24.6 Å². The molecule has 0 fully saturated rings. The summed E-state index contributed by atoms with van der Waals surface area (Å²) in [6.45, 7) is 0. The summed E-state index contributed by atoms with van der Waals surface area (Å²) in [5.74, 6) is 0. The molecule has 1 unspecified atom stereocenters.